The molecule has 1 fully saturated rings. The summed E-state index contributed by atoms with van der Waals surface area (Å²) in [7, 11) is 0. The van der Waals surface area contributed by atoms with Crippen LogP contribution in [0.5, 0.6) is 0 Å². The standard InChI is InChI=1S/C17H16N6O/c18-7-6-17(8-12(9-17)10-19)23-11-14(15(20)24)16(22-23)21-13-4-2-1-3-5-13/h1-5,11-12H,6,8-9H2,(H2,20,24)(H,21,22)/t12-,17-. The lowest BCUT2D eigenvalue weighted by Gasteiger charge is -2.43. The van der Waals surface area contributed by atoms with Crippen LogP contribution in [-0.2, 0) is 5.54 Å². The quantitative estimate of drug-likeness (QED) is 0.875. The molecule has 1 aromatic heterocycles. The van der Waals surface area contributed by atoms with Crippen molar-refractivity contribution in [2.24, 2.45) is 11.7 Å². The van der Waals surface area contributed by atoms with Gasteiger partial charge in [-0.2, -0.15) is 15.6 Å². The molecule has 0 bridgehead atoms. The summed E-state index contributed by atoms with van der Waals surface area (Å²) in [6, 6.07) is 13.7. The summed E-state index contributed by atoms with van der Waals surface area (Å²) in [5.41, 5.74) is 5.96. The molecular formula is C17H16N6O. The van der Waals surface area contributed by atoms with E-state index in [4.69, 9.17) is 16.3 Å². The number of nitrogens with two attached hydrogens (primary N) is 1. The molecule has 120 valence electrons. The van der Waals surface area contributed by atoms with E-state index >= 15 is 0 Å². The van der Waals surface area contributed by atoms with E-state index in [0.29, 0.717) is 18.7 Å². The second-order valence-corrected chi connectivity index (χ2v) is 5.98. The van der Waals surface area contributed by atoms with E-state index in [1.165, 1.54) is 0 Å². The van der Waals surface area contributed by atoms with Gasteiger partial charge in [0.05, 0.1) is 30.0 Å². The first kappa shape index (κ1) is 15.6. The van der Waals surface area contributed by atoms with Crippen molar-refractivity contribution in [1.29, 1.82) is 10.5 Å². The Morgan fingerprint density at radius 1 is 1.38 bits per heavy atom. The Morgan fingerprint density at radius 2 is 2.08 bits per heavy atom. The van der Waals surface area contributed by atoms with E-state index in [1.54, 1.807) is 10.9 Å². The maximum Gasteiger partial charge on any atom is 0.254 e. The summed E-state index contributed by atoms with van der Waals surface area (Å²) in [4.78, 5) is 11.7. The lowest BCUT2D eigenvalue weighted by atomic mass is 9.67. The molecule has 1 aliphatic carbocycles. The molecule has 0 saturated heterocycles. The van der Waals surface area contributed by atoms with Crippen LogP contribution in [0, 0.1) is 28.6 Å². The van der Waals surface area contributed by atoms with Gasteiger partial charge in [-0.3, -0.25) is 9.48 Å². The van der Waals surface area contributed by atoms with Crippen molar-refractivity contribution < 1.29 is 4.79 Å². The number of carbonyl (C=O) groups is 1. The van der Waals surface area contributed by atoms with Gasteiger partial charge in [0.25, 0.3) is 5.91 Å². The van der Waals surface area contributed by atoms with Gasteiger partial charge >= 0.3 is 0 Å². The minimum Gasteiger partial charge on any atom is -0.365 e. The fourth-order valence-corrected chi connectivity index (χ4v) is 3.06. The molecule has 3 rings (SSSR count). The molecule has 0 aliphatic heterocycles. The van der Waals surface area contributed by atoms with Crippen molar-refractivity contribution in [1.82, 2.24) is 9.78 Å². The van der Waals surface area contributed by atoms with Gasteiger partial charge in [0.15, 0.2) is 5.82 Å². The highest BCUT2D eigenvalue weighted by atomic mass is 16.1. The second kappa shape index (κ2) is 6.05. The van der Waals surface area contributed by atoms with Gasteiger partial charge in [-0.15, -0.1) is 0 Å². The number of aromatic nitrogens is 2. The highest BCUT2D eigenvalue weighted by molar-refractivity contribution is 5.98. The van der Waals surface area contributed by atoms with Crippen molar-refractivity contribution in [3.8, 4) is 12.1 Å². The Morgan fingerprint density at radius 3 is 2.67 bits per heavy atom. The number of anilines is 2. The molecule has 24 heavy (non-hydrogen) atoms. The molecule has 3 N–H and O–H groups in total. The molecule has 0 unspecified atom stereocenters. The SMILES string of the molecule is N#CC[C@]1(n2cc(C(N)=O)c(Nc3ccccc3)n2)C[C@H](C#N)C1. The predicted octanol–water partition coefficient (Wildman–Crippen LogP) is 2.27. The Labute approximate surface area is 139 Å². The number of para-hydroxylation sites is 1. The number of benzene rings is 1. The Hall–Kier alpha value is -3.32. The second-order valence-electron chi connectivity index (χ2n) is 5.98. The van der Waals surface area contributed by atoms with Crippen LogP contribution in [0.15, 0.2) is 36.5 Å². The van der Waals surface area contributed by atoms with Crippen LogP contribution in [-0.4, -0.2) is 15.7 Å². The first-order chi connectivity index (χ1) is 11.6. The van der Waals surface area contributed by atoms with Crippen LogP contribution in [0.3, 0.4) is 0 Å². The van der Waals surface area contributed by atoms with E-state index in [0.717, 1.165) is 5.69 Å². The summed E-state index contributed by atoms with van der Waals surface area (Å²) < 4.78 is 1.62. The normalized spacial score (nSPS) is 22.0. The average molecular weight is 320 g/mol. The highest BCUT2D eigenvalue weighted by Gasteiger charge is 2.47. The number of hydrogen-bond donors (Lipinski definition) is 2. The molecular weight excluding hydrogens is 304 g/mol. The largest absolute Gasteiger partial charge is 0.365 e. The summed E-state index contributed by atoms with van der Waals surface area (Å²) in [5.74, 6) is -0.334. The number of nitrogens with zero attached hydrogens (tertiary/aromatic N) is 4. The van der Waals surface area contributed by atoms with Crippen LogP contribution >= 0.6 is 0 Å². The van der Waals surface area contributed by atoms with E-state index in [2.05, 4.69) is 22.6 Å². The van der Waals surface area contributed by atoms with E-state index in [1.807, 2.05) is 30.3 Å². The molecule has 7 nitrogen and oxygen atoms in total. The zero-order valence-corrected chi connectivity index (χ0v) is 12.9. The van der Waals surface area contributed by atoms with Gasteiger partial charge in [-0.05, 0) is 25.0 Å². The van der Waals surface area contributed by atoms with E-state index in [9.17, 15) is 4.79 Å². The van der Waals surface area contributed by atoms with Crippen LogP contribution in [0.1, 0.15) is 29.6 Å². The molecule has 0 spiro atoms. The lowest BCUT2D eigenvalue weighted by molar-refractivity contribution is 0.0880. The molecule has 1 aromatic carbocycles. The van der Waals surface area contributed by atoms with E-state index < -0.39 is 11.4 Å². The lowest BCUT2D eigenvalue weighted by Crippen LogP contribution is -2.46. The topological polar surface area (TPSA) is 121 Å². The molecule has 1 amide bonds. The van der Waals surface area contributed by atoms with Crippen molar-refractivity contribution in [3.63, 3.8) is 0 Å². The molecule has 1 aliphatic rings. The monoisotopic (exact) mass is 320 g/mol. The number of nitrogens with one attached hydrogen (secondary N) is 1. The number of carbonyl (C=O) groups excluding carboxylic acids is 1. The molecule has 7 heteroatoms. The zero-order valence-electron chi connectivity index (χ0n) is 12.9. The summed E-state index contributed by atoms with van der Waals surface area (Å²) in [6.45, 7) is 0. The number of primary amides is 1. The van der Waals surface area contributed by atoms with Crippen LogP contribution < -0.4 is 11.1 Å². The average Bonchev–Trinajstić information content (AvgIpc) is 2.96. The molecule has 1 saturated carbocycles. The van der Waals surface area contributed by atoms with Gasteiger partial charge in [-0.25, -0.2) is 0 Å². The smallest absolute Gasteiger partial charge is 0.254 e. The highest BCUT2D eigenvalue weighted by Crippen LogP contribution is 2.46. The number of nitriles is 2. The van der Waals surface area contributed by atoms with Gasteiger partial charge < -0.3 is 11.1 Å². The third-order valence-corrected chi connectivity index (χ3v) is 4.35. The molecule has 0 atom stereocenters. The summed E-state index contributed by atoms with van der Waals surface area (Å²) in [6.07, 6.45) is 2.89. The van der Waals surface area contributed by atoms with Crippen LogP contribution in [0.25, 0.3) is 0 Å². The van der Waals surface area contributed by atoms with Gasteiger partial charge in [-0.1, -0.05) is 18.2 Å². The minimum absolute atomic E-state index is 0.0925. The Bertz CT molecular complexity index is 836. The molecule has 2 aromatic rings. The van der Waals surface area contributed by atoms with Crippen molar-refractivity contribution in [2.45, 2.75) is 24.8 Å². The molecule has 0 radical (unpaired) electrons. The van der Waals surface area contributed by atoms with Crippen molar-refractivity contribution in [2.75, 3.05) is 5.32 Å². The van der Waals surface area contributed by atoms with Crippen LogP contribution in [0.2, 0.25) is 0 Å². The number of hydrogen-bond acceptors (Lipinski definition) is 5. The maximum absolute atomic E-state index is 11.7. The van der Waals surface area contributed by atoms with Gasteiger partial charge in [0, 0.05) is 11.9 Å². The zero-order chi connectivity index (χ0) is 17.2. The first-order valence-corrected chi connectivity index (χ1v) is 7.56. The third kappa shape index (κ3) is 2.68. The minimum atomic E-state index is -0.594. The van der Waals surface area contributed by atoms with E-state index in [-0.39, 0.29) is 17.9 Å². The maximum atomic E-state index is 11.7. The number of rotatable bonds is 5. The Balaban J connectivity index is 1.96. The summed E-state index contributed by atoms with van der Waals surface area (Å²) in [5, 5.41) is 25.7. The van der Waals surface area contributed by atoms with Gasteiger partial charge in [0.1, 0.15) is 5.56 Å². The van der Waals surface area contributed by atoms with Crippen molar-refractivity contribution >= 4 is 17.4 Å². The molecule has 1 heterocycles. The third-order valence-electron chi connectivity index (χ3n) is 4.35. The fourth-order valence-electron chi connectivity index (χ4n) is 3.06. The van der Waals surface area contributed by atoms with Gasteiger partial charge in [0.2, 0.25) is 0 Å². The predicted molar refractivity (Wildman–Crippen MR) is 87.0 cm³/mol. The van der Waals surface area contributed by atoms with Crippen LogP contribution in [0.4, 0.5) is 11.5 Å². The summed E-state index contributed by atoms with van der Waals surface area (Å²) >= 11 is 0. The first-order valence-electron chi connectivity index (χ1n) is 7.56. The number of amides is 1. The fraction of sp³-hybridized carbons (Fsp3) is 0.294. The van der Waals surface area contributed by atoms with Crippen molar-refractivity contribution in [3.05, 3.63) is 42.1 Å². The Kier molecular flexibility index (Phi) is 3.93.